The first-order chi connectivity index (χ1) is 10.5. The van der Waals surface area contributed by atoms with Crippen LogP contribution < -0.4 is 5.73 Å². The zero-order valence-electron chi connectivity index (χ0n) is 12.4. The van der Waals surface area contributed by atoms with Crippen molar-refractivity contribution in [3.63, 3.8) is 0 Å². The lowest BCUT2D eigenvalue weighted by atomic mass is 10.1. The average Bonchev–Trinajstić information content (AvgIpc) is 3.07. The van der Waals surface area contributed by atoms with Crippen LogP contribution in [0.4, 0.5) is 5.69 Å². The zero-order valence-corrected chi connectivity index (χ0v) is 12.4. The van der Waals surface area contributed by atoms with Crippen LogP contribution in [0.25, 0.3) is 11.3 Å². The molecule has 2 heterocycles. The Balaban J connectivity index is 1.69. The van der Waals surface area contributed by atoms with Gasteiger partial charge in [0.05, 0.1) is 11.5 Å². The summed E-state index contributed by atoms with van der Waals surface area (Å²) in [7, 11) is 0. The first-order valence-electron chi connectivity index (χ1n) is 7.34. The molecule has 0 saturated carbocycles. The maximum Gasteiger partial charge on any atom is 0.269 e. The van der Waals surface area contributed by atoms with Crippen LogP contribution in [0.5, 0.6) is 0 Å². The van der Waals surface area contributed by atoms with E-state index in [9.17, 15) is 10.1 Å². The molecule has 0 aliphatic carbocycles. The number of nitro groups is 1. The first-order valence-corrected chi connectivity index (χ1v) is 7.34. The Morgan fingerprint density at radius 3 is 2.59 bits per heavy atom. The second-order valence-corrected chi connectivity index (χ2v) is 5.91. The van der Waals surface area contributed by atoms with E-state index in [0.717, 1.165) is 36.7 Å². The number of nitrogens with zero attached hydrogens (tertiary/aromatic N) is 2. The molecule has 0 bridgehead atoms. The molecule has 2 aromatic rings. The Bertz CT molecular complexity index is 656. The van der Waals surface area contributed by atoms with Gasteiger partial charge in [0.2, 0.25) is 0 Å². The minimum absolute atomic E-state index is 0.0792. The van der Waals surface area contributed by atoms with Crippen LogP contribution >= 0.6 is 0 Å². The van der Waals surface area contributed by atoms with Crippen molar-refractivity contribution >= 4 is 5.69 Å². The van der Waals surface area contributed by atoms with Crippen LogP contribution in [0, 0.1) is 16.0 Å². The quantitative estimate of drug-likeness (QED) is 0.693. The fraction of sp³-hybridized carbons (Fsp3) is 0.375. The molecule has 1 aromatic heterocycles. The molecule has 1 aromatic carbocycles. The fourth-order valence-electron chi connectivity index (χ4n) is 2.81. The minimum atomic E-state index is -0.408. The summed E-state index contributed by atoms with van der Waals surface area (Å²) in [6, 6.07) is 10.4. The molecule has 0 spiro atoms. The van der Waals surface area contributed by atoms with E-state index in [4.69, 9.17) is 10.2 Å². The number of likely N-dealkylation sites (tertiary alicyclic amines) is 1. The lowest BCUT2D eigenvalue weighted by Crippen LogP contribution is -2.28. The average molecular weight is 301 g/mol. The zero-order chi connectivity index (χ0) is 15.7. The van der Waals surface area contributed by atoms with E-state index >= 15 is 0 Å². The maximum absolute atomic E-state index is 10.7. The second-order valence-electron chi connectivity index (χ2n) is 5.91. The molecule has 1 saturated heterocycles. The van der Waals surface area contributed by atoms with Gasteiger partial charge in [0, 0.05) is 36.8 Å². The van der Waals surface area contributed by atoms with Crippen LogP contribution in [0.3, 0.4) is 0 Å². The number of nitro benzene ring substituents is 1. The van der Waals surface area contributed by atoms with E-state index in [1.807, 2.05) is 12.1 Å². The van der Waals surface area contributed by atoms with Crippen molar-refractivity contribution in [3.05, 3.63) is 52.3 Å². The number of rotatable bonds is 4. The van der Waals surface area contributed by atoms with Crippen LogP contribution in [0.2, 0.25) is 0 Å². The van der Waals surface area contributed by atoms with Gasteiger partial charge in [-0.05, 0) is 30.2 Å². The largest absolute Gasteiger partial charge is 0.460 e. The van der Waals surface area contributed by atoms with Gasteiger partial charge in [0.25, 0.3) is 5.69 Å². The normalized spacial score (nSPS) is 22.1. The molecular formula is C16H19N3O3. The predicted octanol–water partition coefficient (Wildman–Crippen LogP) is 2.63. The molecule has 6 heteroatoms. The highest BCUT2D eigenvalue weighted by atomic mass is 16.6. The topological polar surface area (TPSA) is 85.5 Å². The minimum Gasteiger partial charge on any atom is -0.460 e. The molecule has 1 aliphatic heterocycles. The van der Waals surface area contributed by atoms with Crippen molar-refractivity contribution in [1.82, 2.24) is 4.90 Å². The standard InChI is InChI=1S/C16H19N3O3/c1-11-8-18(10-15(11)17)9-14-6-7-16(22-14)12-2-4-13(5-3-12)19(20)21/h2-7,11,15H,8-10,17H2,1H3. The van der Waals surface area contributed by atoms with Gasteiger partial charge in [0.1, 0.15) is 11.5 Å². The van der Waals surface area contributed by atoms with Gasteiger partial charge < -0.3 is 10.2 Å². The van der Waals surface area contributed by atoms with E-state index in [1.165, 1.54) is 12.1 Å². The summed E-state index contributed by atoms with van der Waals surface area (Å²) in [5, 5.41) is 10.7. The van der Waals surface area contributed by atoms with Gasteiger partial charge in [-0.1, -0.05) is 6.92 Å². The fourth-order valence-corrected chi connectivity index (χ4v) is 2.81. The highest BCUT2D eigenvalue weighted by Crippen LogP contribution is 2.26. The molecule has 0 amide bonds. The smallest absolute Gasteiger partial charge is 0.269 e. The summed E-state index contributed by atoms with van der Waals surface area (Å²) in [5.74, 6) is 2.11. The van der Waals surface area contributed by atoms with Crippen LogP contribution in [0.1, 0.15) is 12.7 Å². The lowest BCUT2D eigenvalue weighted by molar-refractivity contribution is -0.384. The Kier molecular flexibility index (Phi) is 3.96. The van der Waals surface area contributed by atoms with Crippen molar-refractivity contribution in [1.29, 1.82) is 0 Å². The van der Waals surface area contributed by atoms with Gasteiger partial charge in [-0.15, -0.1) is 0 Å². The summed E-state index contributed by atoms with van der Waals surface area (Å²) in [6.07, 6.45) is 0. The van der Waals surface area contributed by atoms with E-state index in [0.29, 0.717) is 5.92 Å². The molecule has 2 unspecified atom stereocenters. The predicted molar refractivity (Wildman–Crippen MR) is 83.2 cm³/mol. The Morgan fingerprint density at radius 2 is 2.00 bits per heavy atom. The summed E-state index contributed by atoms with van der Waals surface area (Å²) in [6.45, 7) is 4.77. The number of nitrogens with two attached hydrogens (primary N) is 1. The lowest BCUT2D eigenvalue weighted by Gasteiger charge is -2.12. The monoisotopic (exact) mass is 301 g/mol. The number of non-ortho nitro benzene ring substituents is 1. The van der Waals surface area contributed by atoms with Gasteiger partial charge in [-0.3, -0.25) is 15.0 Å². The number of furan rings is 1. The first kappa shape index (κ1) is 14.7. The molecule has 1 aliphatic rings. The molecule has 2 atom stereocenters. The highest BCUT2D eigenvalue weighted by molar-refractivity contribution is 5.59. The van der Waals surface area contributed by atoms with Crippen molar-refractivity contribution in [2.45, 2.75) is 19.5 Å². The summed E-state index contributed by atoms with van der Waals surface area (Å²) in [5.41, 5.74) is 6.95. The van der Waals surface area contributed by atoms with Crippen molar-refractivity contribution in [2.24, 2.45) is 11.7 Å². The molecule has 1 fully saturated rings. The number of hydrogen-bond donors (Lipinski definition) is 1. The SMILES string of the molecule is CC1CN(Cc2ccc(-c3ccc([N+](=O)[O-])cc3)o2)CC1N. The van der Waals surface area contributed by atoms with E-state index in [2.05, 4.69) is 11.8 Å². The van der Waals surface area contributed by atoms with Crippen LogP contribution in [-0.2, 0) is 6.54 Å². The number of hydrogen-bond acceptors (Lipinski definition) is 5. The number of benzene rings is 1. The highest BCUT2D eigenvalue weighted by Gasteiger charge is 2.26. The van der Waals surface area contributed by atoms with E-state index in [1.54, 1.807) is 12.1 Å². The molecule has 0 radical (unpaired) electrons. The third-order valence-electron chi connectivity index (χ3n) is 4.15. The Labute approximate surface area is 128 Å². The molecule has 3 rings (SSSR count). The summed E-state index contributed by atoms with van der Waals surface area (Å²) >= 11 is 0. The van der Waals surface area contributed by atoms with Gasteiger partial charge >= 0.3 is 0 Å². The molecule has 2 N–H and O–H groups in total. The van der Waals surface area contributed by atoms with Crippen molar-refractivity contribution in [3.8, 4) is 11.3 Å². The Hall–Kier alpha value is -2.18. The molecule has 22 heavy (non-hydrogen) atoms. The molecule has 116 valence electrons. The van der Waals surface area contributed by atoms with Crippen LogP contribution in [-0.4, -0.2) is 29.0 Å². The Morgan fingerprint density at radius 1 is 1.27 bits per heavy atom. The molecular weight excluding hydrogens is 282 g/mol. The van der Waals surface area contributed by atoms with Crippen molar-refractivity contribution in [2.75, 3.05) is 13.1 Å². The maximum atomic E-state index is 10.7. The summed E-state index contributed by atoms with van der Waals surface area (Å²) < 4.78 is 5.85. The van der Waals surface area contributed by atoms with E-state index in [-0.39, 0.29) is 11.7 Å². The van der Waals surface area contributed by atoms with E-state index < -0.39 is 4.92 Å². The van der Waals surface area contributed by atoms with Gasteiger partial charge in [0.15, 0.2) is 0 Å². The van der Waals surface area contributed by atoms with Crippen molar-refractivity contribution < 1.29 is 9.34 Å². The third kappa shape index (κ3) is 3.03. The summed E-state index contributed by atoms with van der Waals surface area (Å²) in [4.78, 5) is 12.5. The van der Waals surface area contributed by atoms with Gasteiger partial charge in [-0.2, -0.15) is 0 Å². The molecule has 6 nitrogen and oxygen atoms in total. The second kappa shape index (κ2) is 5.90. The van der Waals surface area contributed by atoms with Crippen LogP contribution in [0.15, 0.2) is 40.8 Å². The van der Waals surface area contributed by atoms with Gasteiger partial charge in [-0.25, -0.2) is 0 Å². The third-order valence-corrected chi connectivity index (χ3v) is 4.15.